The first-order chi connectivity index (χ1) is 18.0. The molecule has 1 aromatic heterocycles. The van der Waals surface area contributed by atoms with Crippen LogP contribution in [0.4, 0.5) is 11.4 Å². The van der Waals surface area contributed by atoms with Gasteiger partial charge in [-0.2, -0.15) is 5.10 Å². The Morgan fingerprint density at radius 3 is 2.49 bits per heavy atom. The van der Waals surface area contributed by atoms with Gasteiger partial charge in [0.25, 0.3) is 0 Å². The number of nitrogens with one attached hydrogen (secondary N) is 3. The van der Waals surface area contributed by atoms with Gasteiger partial charge in [0.1, 0.15) is 5.75 Å². The van der Waals surface area contributed by atoms with Crippen molar-refractivity contribution in [1.29, 1.82) is 0 Å². The highest BCUT2D eigenvalue weighted by Gasteiger charge is 2.24. The van der Waals surface area contributed by atoms with E-state index in [1.54, 1.807) is 7.11 Å². The molecule has 3 heterocycles. The Balaban J connectivity index is 1.26. The number of nitrogens with zero attached hydrogens (tertiary/aromatic N) is 2. The van der Waals surface area contributed by atoms with Crippen LogP contribution in [0.5, 0.6) is 5.75 Å². The van der Waals surface area contributed by atoms with Gasteiger partial charge in [0.15, 0.2) is 0 Å². The number of aromatic amines is 1. The second-order valence-corrected chi connectivity index (χ2v) is 10.5. The molecule has 2 aliphatic rings. The predicted molar refractivity (Wildman–Crippen MR) is 148 cm³/mol. The van der Waals surface area contributed by atoms with Crippen LogP contribution in [-0.4, -0.2) is 48.4 Å². The number of anilines is 2. The van der Waals surface area contributed by atoms with Crippen LogP contribution < -0.4 is 20.3 Å². The van der Waals surface area contributed by atoms with Crippen molar-refractivity contribution in [2.24, 2.45) is 0 Å². The van der Waals surface area contributed by atoms with Gasteiger partial charge in [0.05, 0.1) is 18.3 Å². The van der Waals surface area contributed by atoms with E-state index in [0.717, 1.165) is 64.2 Å². The lowest BCUT2D eigenvalue weighted by Gasteiger charge is -2.37. The van der Waals surface area contributed by atoms with E-state index in [0.29, 0.717) is 18.5 Å². The fourth-order valence-corrected chi connectivity index (χ4v) is 5.87. The smallest absolute Gasteiger partial charge is 0.225 e. The van der Waals surface area contributed by atoms with Crippen molar-refractivity contribution >= 4 is 28.2 Å². The van der Waals surface area contributed by atoms with Crippen molar-refractivity contribution in [2.75, 3.05) is 30.4 Å². The maximum Gasteiger partial charge on any atom is 0.225 e. The number of rotatable bonds is 4. The Morgan fingerprint density at radius 2 is 1.73 bits per heavy atom. The van der Waals surface area contributed by atoms with E-state index in [9.17, 15) is 4.79 Å². The highest BCUT2D eigenvalue weighted by molar-refractivity contribution is 5.95. The van der Waals surface area contributed by atoms with Gasteiger partial charge in [-0.3, -0.25) is 9.89 Å². The van der Waals surface area contributed by atoms with Crippen LogP contribution >= 0.6 is 0 Å². The molecule has 3 unspecified atom stereocenters. The van der Waals surface area contributed by atoms with Gasteiger partial charge in [-0.15, -0.1) is 0 Å². The SMILES string of the molecule is COc1ccc2c(c1)CC(c1ccc3c(-c4ccc(N5CC(C)NC(C)C5)cc4)n[nH]c3c1)CC(=O)N2. The van der Waals surface area contributed by atoms with Crippen molar-refractivity contribution in [3.8, 4) is 17.0 Å². The van der Waals surface area contributed by atoms with Gasteiger partial charge in [-0.1, -0.05) is 24.3 Å². The molecule has 1 saturated heterocycles. The number of carbonyl (C=O) groups is 1. The van der Waals surface area contributed by atoms with E-state index in [2.05, 4.69) is 82.0 Å². The Hall–Kier alpha value is -3.84. The Labute approximate surface area is 217 Å². The Morgan fingerprint density at radius 1 is 0.946 bits per heavy atom. The van der Waals surface area contributed by atoms with Crippen molar-refractivity contribution in [1.82, 2.24) is 15.5 Å². The minimum Gasteiger partial charge on any atom is -0.497 e. The zero-order valence-corrected chi connectivity index (χ0v) is 21.5. The number of fused-ring (bicyclic) bond motifs is 2. The first-order valence-electron chi connectivity index (χ1n) is 13.0. The van der Waals surface area contributed by atoms with Gasteiger partial charge >= 0.3 is 0 Å². The van der Waals surface area contributed by atoms with Crippen molar-refractivity contribution < 1.29 is 9.53 Å². The molecule has 2 aliphatic heterocycles. The molecule has 37 heavy (non-hydrogen) atoms. The quantitative estimate of drug-likeness (QED) is 0.367. The van der Waals surface area contributed by atoms with Crippen LogP contribution in [-0.2, 0) is 11.2 Å². The van der Waals surface area contributed by atoms with Gasteiger partial charge in [-0.05, 0) is 73.7 Å². The summed E-state index contributed by atoms with van der Waals surface area (Å²) in [5, 5.41) is 15.6. The molecule has 0 spiro atoms. The molecule has 0 radical (unpaired) electrons. The third-order valence-corrected chi connectivity index (χ3v) is 7.61. The van der Waals surface area contributed by atoms with E-state index < -0.39 is 0 Å². The minimum atomic E-state index is 0.0349. The zero-order chi connectivity index (χ0) is 25.5. The maximum atomic E-state index is 12.6. The number of hydrogen-bond acceptors (Lipinski definition) is 5. The first-order valence-corrected chi connectivity index (χ1v) is 13.0. The van der Waals surface area contributed by atoms with Crippen molar-refractivity contribution in [3.63, 3.8) is 0 Å². The molecule has 7 nitrogen and oxygen atoms in total. The molecular weight excluding hydrogens is 462 g/mol. The maximum absolute atomic E-state index is 12.6. The van der Waals surface area contributed by atoms with Gasteiger partial charge in [-0.25, -0.2) is 0 Å². The summed E-state index contributed by atoms with van der Waals surface area (Å²) < 4.78 is 5.41. The summed E-state index contributed by atoms with van der Waals surface area (Å²) in [7, 11) is 1.66. The molecule has 3 atom stereocenters. The third-order valence-electron chi connectivity index (χ3n) is 7.61. The van der Waals surface area contributed by atoms with Crippen molar-refractivity contribution in [2.45, 2.75) is 44.7 Å². The monoisotopic (exact) mass is 495 g/mol. The zero-order valence-electron chi connectivity index (χ0n) is 21.5. The van der Waals surface area contributed by atoms with Crippen LogP contribution in [0.15, 0.2) is 60.7 Å². The molecule has 3 N–H and O–H groups in total. The van der Waals surface area contributed by atoms with Gasteiger partial charge in [0, 0.05) is 53.9 Å². The number of H-pyrrole nitrogens is 1. The predicted octanol–water partition coefficient (Wildman–Crippen LogP) is 5.09. The number of aromatic nitrogens is 2. The van der Waals surface area contributed by atoms with Gasteiger partial charge in [0.2, 0.25) is 5.91 Å². The van der Waals surface area contributed by atoms with Crippen molar-refractivity contribution in [3.05, 3.63) is 71.8 Å². The highest BCUT2D eigenvalue weighted by Crippen LogP contribution is 2.36. The van der Waals surface area contributed by atoms with E-state index in [-0.39, 0.29) is 11.8 Å². The number of carbonyl (C=O) groups excluding carboxylic acids is 1. The molecule has 6 rings (SSSR count). The van der Waals surface area contributed by atoms with E-state index >= 15 is 0 Å². The van der Waals surface area contributed by atoms with Gasteiger partial charge < -0.3 is 20.3 Å². The third kappa shape index (κ3) is 4.67. The summed E-state index contributed by atoms with van der Waals surface area (Å²) in [6, 6.07) is 21.9. The second kappa shape index (κ2) is 9.56. The second-order valence-electron chi connectivity index (χ2n) is 10.5. The van der Waals surface area contributed by atoms with Crippen LogP contribution in [0.25, 0.3) is 22.2 Å². The molecule has 3 aromatic carbocycles. The number of hydrogen-bond donors (Lipinski definition) is 3. The lowest BCUT2D eigenvalue weighted by atomic mass is 9.89. The number of amides is 1. The average molecular weight is 496 g/mol. The molecule has 0 saturated carbocycles. The standard InChI is InChI=1S/C30H33N5O2/c1-18-16-35(17-19(2)31-18)24-7-4-20(5-8-24)30-26-10-6-21(14-28(26)33-34-30)22-12-23-13-25(37-3)9-11-27(23)32-29(36)15-22/h4-11,13-14,18-19,22,31H,12,15-17H2,1-3H3,(H,32,36)(H,33,34). The van der Waals surface area contributed by atoms with Crippen LogP contribution in [0, 0.1) is 0 Å². The summed E-state index contributed by atoms with van der Waals surface area (Å²) in [5.74, 6) is 0.912. The summed E-state index contributed by atoms with van der Waals surface area (Å²) in [5.41, 5.74) is 7.36. The molecule has 0 bridgehead atoms. The van der Waals surface area contributed by atoms with Crippen LogP contribution in [0.3, 0.4) is 0 Å². The molecule has 4 aromatic rings. The van der Waals surface area contributed by atoms with E-state index in [4.69, 9.17) is 4.74 Å². The Kier molecular flexibility index (Phi) is 6.08. The molecule has 190 valence electrons. The van der Waals surface area contributed by atoms with E-state index in [1.165, 1.54) is 5.69 Å². The number of benzene rings is 3. The topological polar surface area (TPSA) is 82.3 Å². The minimum absolute atomic E-state index is 0.0349. The van der Waals surface area contributed by atoms with Crippen LogP contribution in [0.1, 0.15) is 37.3 Å². The largest absolute Gasteiger partial charge is 0.497 e. The first kappa shape index (κ1) is 23.6. The summed E-state index contributed by atoms with van der Waals surface area (Å²) in [6.45, 7) is 6.49. The number of piperazine rings is 1. The lowest BCUT2D eigenvalue weighted by molar-refractivity contribution is -0.116. The lowest BCUT2D eigenvalue weighted by Crippen LogP contribution is -2.54. The summed E-state index contributed by atoms with van der Waals surface area (Å²) in [6.07, 6.45) is 1.21. The number of ether oxygens (including phenoxy) is 1. The normalized spacial score (nSPS) is 21.9. The molecular formula is C30H33N5O2. The molecule has 0 aliphatic carbocycles. The fourth-order valence-electron chi connectivity index (χ4n) is 5.87. The molecule has 7 heteroatoms. The molecule has 1 amide bonds. The van der Waals surface area contributed by atoms with E-state index in [1.807, 2.05) is 18.2 Å². The molecule has 1 fully saturated rings. The Bertz CT molecular complexity index is 1430. The number of methoxy groups -OCH3 is 1. The fraction of sp³-hybridized carbons (Fsp3) is 0.333. The summed E-state index contributed by atoms with van der Waals surface area (Å²) in [4.78, 5) is 15.1. The average Bonchev–Trinajstić information content (AvgIpc) is 3.24. The summed E-state index contributed by atoms with van der Waals surface area (Å²) >= 11 is 0. The highest BCUT2D eigenvalue weighted by atomic mass is 16.5. The van der Waals surface area contributed by atoms with Crippen LogP contribution in [0.2, 0.25) is 0 Å².